The normalized spacial score (nSPS) is 15.2. The monoisotopic (exact) mass is 240 g/mol. The van der Waals surface area contributed by atoms with Crippen LogP contribution in [-0.4, -0.2) is 31.8 Å². The van der Waals surface area contributed by atoms with Crippen molar-refractivity contribution in [2.45, 2.75) is 12.8 Å². The molecule has 4 nitrogen and oxygen atoms in total. The van der Waals surface area contributed by atoms with E-state index in [1.54, 1.807) is 0 Å². The number of benzene rings is 1. The molecule has 0 aromatic heterocycles. The number of nitrogens with zero attached hydrogens (tertiary/aromatic N) is 1. The Kier molecular flexibility index (Phi) is 3.16. The number of rotatable bonds is 4. The van der Waals surface area contributed by atoms with E-state index in [2.05, 4.69) is 11.0 Å². The van der Waals surface area contributed by atoms with Crippen molar-refractivity contribution in [3.8, 4) is 0 Å². The van der Waals surface area contributed by atoms with Gasteiger partial charge in [0, 0.05) is 24.5 Å². The van der Waals surface area contributed by atoms with Crippen LogP contribution in [0.5, 0.6) is 0 Å². The maximum atomic E-state index is 10.5. The van der Waals surface area contributed by atoms with Crippen molar-refractivity contribution < 1.29 is 13.0 Å². The highest BCUT2D eigenvalue weighted by Gasteiger charge is 2.17. The second-order valence-electron chi connectivity index (χ2n) is 3.98. The largest absolute Gasteiger partial charge is 0.748 e. The predicted octanol–water partition coefficient (Wildman–Crippen LogP) is 0.984. The molecule has 88 valence electrons. The zero-order valence-corrected chi connectivity index (χ0v) is 9.74. The summed E-state index contributed by atoms with van der Waals surface area (Å²) >= 11 is 0. The second-order valence-corrected chi connectivity index (χ2v) is 5.50. The molecule has 1 aromatic rings. The van der Waals surface area contributed by atoms with Crippen LogP contribution in [0.1, 0.15) is 12.0 Å². The number of hydrogen-bond donors (Lipinski definition) is 0. The Morgan fingerprint density at radius 2 is 2.06 bits per heavy atom. The molecule has 1 aliphatic heterocycles. The number of hydrogen-bond acceptors (Lipinski definition) is 4. The molecular formula is C11H14NO3S-. The third kappa shape index (κ3) is 2.74. The van der Waals surface area contributed by atoms with Crippen LogP contribution in [0.3, 0.4) is 0 Å². The van der Waals surface area contributed by atoms with Crippen LogP contribution in [0.15, 0.2) is 24.3 Å². The summed E-state index contributed by atoms with van der Waals surface area (Å²) in [5, 5.41) is 0. The van der Waals surface area contributed by atoms with E-state index in [0.29, 0.717) is 13.0 Å². The van der Waals surface area contributed by atoms with Gasteiger partial charge in [0.2, 0.25) is 0 Å². The first kappa shape index (κ1) is 11.4. The van der Waals surface area contributed by atoms with Gasteiger partial charge in [0.1, 0.15) is 0 Å². The molecule has 5 heteroatoms. The summed E-state index contributed by atoms with van der Waals surface area (Å²) in [5.41, 5.74) is 2.47. The van der Waals surface area contributed by atoms with Crippen LogP contribution in [-0.2, 0) is 16.5 Å². The van der Waals surface area contributed by atoms with Crippen molar-refractivity contribution in [2.24, 2.45) is 0 Å². The third-order valence-corrected chi connectivity index (χ3v) is 3.59. The second kappa shape index (κ2) is 4.43. The Hall–Kier alpha value is -1.07. The van der Waals surface area contributed by atoms with Crippen LogP contribution in [0, 0.1) is 0 Å². The van der Waals surface area contributed by atoms with Crippen molar-refractivity contribution >= 4 is 15.8 Å². The lowest BCUT2D eigenvalue weighted by atomic mass is 10.2. The molecule has 1 aromatic carbocycles. The summed E-state index contributed by atoms with van der Waals surface area (Å²) in [5.74, 6) is -0.272. The molecule has 2 rings (SSSR count). The lowest BCUT2D eigenvalue weighted by molar-refractivity contribution is 0.461. The molecule has 0 fully saturated rings. The highest BCUT2D eigenvalue weighted by molar-refractivity contribution is 7.85. The molecular weight excluding hydrogens is 226 g/mol. The molecule has 1 aliphatic rings. The average molecular weight is 240 g/mol. The smallest absolute Gasteiger partial charge is 0.0946 e. The number of para-hydroxylation sites is 1. The van der Waals surface area contributed by atoms with Gasteiger partial charge in [0.25, 0.3) is 0 Å². The zero-order chi connectivity index (χ0) is 11.6. The minimum Gasteiger partial charge on any atom is -0.748 e. The molecule has 0 saturated heterocycles. The molecule has 0 N–H and O–H groups in total. The van der Waals surface area contributed by atoms with E-state index < -0.39 is 10.1 Å². The number of anilines is 1. The zero-order valence-electron chi connectivity index (χ0n) is 8.93. The van der Waals surface area contributed by atoms with Gasteiger partial charge >= 0.3 is 0 Å². The average Bonchev–Trinajstić information content (AvgIpc) is 2.60. The van der Waals surface area contributed by atoms with Gasteiger partial charge < -0.3 is 9.45 Å². The molecule has 16 heavy (non-hydrogen) atoms. The minimum atomic E-state index is -4.07. The van der Waals surface area contributed by atoms with Gasteiger partial charge in [-0.1, -0.05) is 18.2 Å². The van der Waals surface area contributed by atoms with E-state index in [-0.39, 0.29) is 5.75 Å². The van der Waals surface area contributed by atoms with Gasteiger partial charge in [0.15, 0.2) is 0 Å². The van der Waals surface area contributed by atoms with E-state index >= 15 is 0 Å². The van der Waals surface area contributed by atoms with Crippen LogP contribution in [0.2, 0.25) is 0 Å². The Balaban J connectivity index is 1.94. The Bertz CT molecular complexity index is 470. The Morgan fingerprint density at radius 1 is 1.31 bits per heavy atom. The van der Waals surface area contributed by atoms with E-state index in [4.69, 9.17) is 0 Å². The van der Waals surface area contributed by atoms with Crippen molar-refractivity contribution in [1.82, 2.24) is 0 Å². The standard InChI is InChI=1S/C11H15NO3S/c13-16(14,15)9-3-7-12-8-6-10-4-1-2-5-11(10)12/h1-2,4-5H,3,6-9H2,(H,13,14,15)/p-1. The van der Waals surface area contributed by atoms with Crippen molar-refractivity contribution in [3.05, 3.63) is 29.8 Å². The highest BCUT2D eigenvalue weighted by Crippen LogP contribution is 2.27. The number of fused-ring (bicyclic) bond motifs is 1. The molecule has 1 heterocycles. The van der Waals surface area contributed by atoms with Crippen molar-refractivity contribution in [1.29, 1.82) is 0 Å². The summed E-state index contributed by atoms with van der Waals surface area (Å²) in [4.78, 5) is 2.14. The fourth-order valence-electron chi connectivity index (χ4n) is 2.07. The fourth-order valence-corrected chi connectivity index (χ4v) is 2.55. The van der Waals surface area contributed by atoms with Gasteiger partial charge in [-0.2, -0.15) is 0 Å². The summed E-state index contributed by atoms with van der Waals surface area (Å²) in [6, 6.07) is 8.10. The van der Waals surface area contributed by atoms with Gasteiger partial charge in [-0.3, -0.25) is 0 Å². The molecule has 0 atom stereocenters. The molecule has 0 amide bonds. The Morgan fingerprint density at radius 3 is 2.81 bits per heavy atom. The predicted molar refractivity (Wildman–Crippen MR) is 61.5 cm³/mol. The first-order valence-electron chi connectivity index (χ1n) is 5.33. The summed E-state index contributed by atoms with van der Waals surface area (Å²) in [6.07, 6.45) is 1.40. The SMILES string of the molecule is O=S(=O)([O-])CCCN1CCc2ccccc21. The lowest BCUT2D eigenvalue weighted by Crippen LogP contribution is -2.23. The van der Waals surface area contributed by atoms with E-state index in [0.717, 1.165) is 13.0 Å². The first-order valence-corrected chi connectivity index (χ1v) is 6.90. The van der Waals surface area contributed by atoms with Crippen LogP contribution in [0.4, 0.5) is 5.69 Å². The van der Waals surface area contributed by atoms with Crippen LogP contribution in [0.25, 0.3) is 0 Å². The van der Waals surface area contributed by atoms with Crippen molar-refractivity contribution in [3.63, 3.8) is 0 Å². The highest BCUT2D eigenvalue weighted by atomic mass is 32.2. The molecule has 0 aliphatic carbocycles. The summed E-state index contributed by atoms with van der Waals surface area (Å²) in [6.45, 7) is 1.55. The molecule has 0 saturated carbocycles. The first-order chi connectivity index (χ1) is 7.56. The Labute approximate surface area is 95.6 Å². The molecule has 0 unspecified atom stereocenters. The summed E-state index contributed by atoms with van der Waals surface area (Å²) in [7, 11) is -4.07. The van der Waals surface area contributed by atoms with Crippen LogP contribution < -0.4 is 4.90 Å². The van der Waals surface area contributed by atoms with Crippen LogP contribution >= 0.6 is 0 Å². The molecule has 0 bridgehead atoms. The van der Waals surface area contributed by atoms with Gasteiger partial charge in [-0.05, 0) is 24.5 Å². The minimum absolute atomic E-state index is 0.272. The quantitative estimate of drug-likeness (QED) is 0.736. The molecule has 0 radical (unpaired) electrons. The molecule has 0 spiro atoms. The van der Waals surface area contributed by atoms with E-state index in [9.17, 15) is 13.0 Å². The van der Waals surface area contributed by atoms with Gasteiger partial charge in [-0.25, -0.2) is 8.42 Å². The topological polar surface area (TPSA) is 60.4 Å². The maximum absolute atomic E-state index is 10.5. The fraction of sp³-hybridized carbons (Fsp3) is 0.455. The third-order valence-electron chi connectivity index (χ3n) is 2.81. The van der Waals surface area contributed by atoms with Crippen molar-refractivity contribution in [2.75, 3.05) is 23.7 Å². The van der Waals surface area contributed by atoms with Gasteiger partial charge in [-0.15, -0.1) is 0 Å². The lowest BCUT2D eigenvalue weighted by Gasteiger charge is -2.19. The maximum Gasteiger partial charge on any atom is 0.0946 e. The van der Waals surface area contributed by atoms with Gasteiger partial charge in [0.05, 0.1) is 10.1 Å². The van der Waals surface area contributed by atoms with E-state index in [1.165, 1.54) is 11.3 Å². The summed E-state index contributed by atoms with van der Waals surface area (Å²) < 4.78 is 31.4. The van der Waals surface area contributed by atoms with E-state index in [1.807, 2.05) is 18.2 Å².